The van der Waals surface area contributed by atoms with E-state index in [4.69, 9.17) is 0 Å². The number of aryl methyl sites for hydroxylation is 1. The van der Waals surface area contributed by atoms with Crippen LogP contribution in [0.3, 0.4) is 0 Å². The number of benzene rings is 1. The van der Waals surface area contributed by atoms with Gasteiger partial charge in [0.1, 0.15) is 6.54 Å². The Kier molecular flexibility index (Phi) is 4.73. The predicted molar refractivity (Wildman–Crippen MR) is 79.0 cm³/mol. The van der Waals surface area contributed by atoms with Crippen molar-refractivity contribution in [3.05, 3.63) is 35.4 Å². The van der Waals surface area contributed by atoms with E-state index in [0.29, 0.717) is 12.1 Å². The van der Waals surface area contributed by atoms with Crippen molar-refractivity contribution in [3.63, 3.8) is 0 Å². The SMILES string of the molecule is CCCN1CC(=O)N(CC(=O)c2cccc(C)c2)CC1=O. The maximum absolute atomic E-state index is 12.2. The first-order valence-electron chi connectivity index (χ1n) is 7.16. The zero-order valence-corrected chi connectivity index (χ0v) is 12.5. The third kappa shape index (κ3) is 3.68. The molecule has 1 aliphatic heterocycles. The molecule has 0 spiro atoms. The molecule has 5 nitrogen and oxygen atoms in total. The summed E-state index contributed by atoms with van der Waals surface area (Å²) in [4.78, 5) is 39.1. The van der Waals surface area contributed by atoms with Gasteiger partial charge in [-0.15, -0.1) is 0 Å². The second-order valence-electron chi connectivity index (χ2n) is 5.36. The Labute approximate surface area is 124 Å². The lowest BCUT2D eigenvalue weighted by Crippen LogP contribution is -2.54. The van der Waals surface area contributed by atoms with Gasteiger partial charge in [-0.2, -0.15) is 0 Å². The minimum absolute atomic E-state index is 0.00358. The lowest BCUT2D eigenvalue weighted by Gasteiger charge is -2.33. The highest BCUT2D eigenvalue weighted by Gasteiger charge is 2.30. The smallest absolute Gasteiger partial charge is 0.243 e. The Bertz CT molecular complexity index is 568. The highest BCUT2D eigenvalue weighted by Crippen LogP contribution is 2.09. The fourth-order valence-electron chi connectivity index (χ4n) is 2.40. The van der Waals surface area contributed by atoms with E-state index in [1.165, 1.54) is 4.90 Å². The Balaban J connectivity index is 2.02. The number of Topliss-reactive ketones (excluding diaryl/α,β-unsaturated/α-hetero) is 1. The lowest BCUT2D eigenvalue weighted by atomic mass is 10.1. The van der Waals surface area contributed by atoms with Gasteiger partial charge in [0.2, 0.25) is 11.8 Å². The van der Waals surface area contributed by atoms with Gasteiger partial charge in [0, 0.05) is 12.1 Å². The fraction of sp³-hybridized carbons (Fsp3) is 0.438. The molecular formula is C16H20N2O3. The highest BCUT2D eigenvalue weighted by molar-refractivity contribution is 6.01. The molecule has 1 fully saturated rings. The van der Waals surface area contributed by atoms with Gasteiger partial charge in [0.05, 0.1) is 13.1 Å². The second-order valence-corrected chi connectivity index (χ2v) is 5.36. The summed E-state index contributed by atoms with van der Waals surface area (Å²) < 4.78 is 0. The van der Waals surface area contributed by atoms with Gasteiger partial charge in [-0.25, -0.2) is 0 Å². The minimum atomic E-state index is -0.163. The molecule has 1 saturated heterocycles. The fourth-order valence-corrected chi connectivity index (χ4v) is 2.40. The molecule has 1 aromatic carbocycles. The van der Waals surface area contributed by atoms with E-state index in [1.54, 1.807) is 17.0 Å². The monoisotopic (exact) mass is 288 g/mol. The standard InChI is InChI=1S/C16H20N2O3/c1-3-7-17-10-16(21)18(11-15(17)20)9-14(19)13-6-4-5-12(2)8-13/h4-6,8H,3,7,9-11H2,1-2H3. The molecule has 1 heterocycles. The molecule has 0 aromatic heterocycles. The average Bonchev–Trinajstić information content (AvgIpc) is 2.44. The quantitative estimate of drug-likeness (QED) is 0.766. The van der Waals surface area contributed by atoms with Crippen LogP contribution in [0, 0.1) is 6.92 Å². The molecule has 0 aliphatic carbocycles. The molecule has 5 heteroatoms. The van der Waals surface area contributed by atoms with E-state index in [0.717, 1.165) is 12.0 Å². The van der Waals surface area contributed by atoms with Gasteiger partial charge < -0.3 is 9.80 Å². The van der Waals surface area contributed by atoms with Crippen LogP contribution in [-0.4, -0.2) is 53.6 Å². The molecule has 112 valence electrons. The molecular weight excluding hydrogens is 268 g/mol. The molecule has 1 aliphatic rings. The first-order chi connectivity index (χ1) is 10.0. The largest absolute Gasteiger partial charge is 0.332 e. The number of carbonyl (C=O) groups excluding carboxylic acids is 3. The lowest BCUT2D eigenvalue weighted by molar-refractivity contribution is -0.149. The van der Waals surface area contributed by atoms with Crippen molar-refractivity contribution in [2.24, 2.45) is 0 Å². The molecule has 0 saturated carbocycles. The number of amides is 2. The zero-order chi connectivity index (χ0) is 15.4. The van der Waals surface area contributed by atoms with Gasteiger partial charge in [-0.1, -0.05) is 30.7 Å². The number of ketones is 1. The summed E-state index contributed by atoms with van der Waals surface area (Å²) in [6.45, 7) is 4.50. The van der Waals surface area contributed by atoms with E-state index in [2.05, 4.69) is 0 Å². The van der Waals surface area contributed by atoms with Crippen LogP contribution in [0.25, 0.3) is 0 Å². The molecule has 0 radical (unpaired) electrons. The molecule has 0 N–H and O–H groups in total. The Morgan fingerprint density at radius 1 is 1.14 bits per heavy atom. The second kappa shape index (κ2) is 6.52. The van der Waals surface area contributed by atoms with E-state index < -0.39 is 0 Å². The number of carbonyl (C=O) groups is 3. The topological polar surface area (TPSA) is 57.7 Å². The van der Waals surface area contributed by atoms with Crippen molar-refractivity contribution in [2.45, 2.75) is 20.3 Å². The summed E-state index contributed by atoms with van der Waals surface area (Å²) in [5.41, 5.74) is 1.57. The molecule has 2 amide bonds. The summed E-state index contributed by atoms with van der Waals surface area (Å²) in [6.07, 6.45) is 0.821. The van der Waals surface area contributed by atoms with Crippen molar-refractivity contribution in [1.29, 1.82) is 0 Å². The number of hydrogen-bond acceptors (Lipinski definition) is 3. The van der Waals surface area contributed by atoms with Crippen LogP contribution in [0.2, 0.25) is 0 Å². The highest BCUT2D eigenvalue weighted by atomic mass is 16.2. The molecule has 0 atom stereocenters. The van der Waals surface area contributed by atoms with Gasteiger partial charge in [0.15, 0.2) is 5.78 Å². The number of rotatable bonds is 5. The maximum Gasteiger partial charge on any atom is 0.243 e. The van der Waals surface area contributed by atoms with Crippen molar-refractivity contribution in [1.82, 2.24) is 9.80 Å². The van der Waals surface area contributed by atoms with E-state index in [-0.39, 0.29) is 37.2 Å². The molecule has 0 unspecified atom stereocenters. The maximum atomic E-state index is 12.2. The third-order valence-corrected chi connectivity index (χ3v) is 3.53. The molecule has 2 rings (SSSR count). The Morgan fingerprint density at radius 3 is 2.48 bits per heavy atom. The number of hydrogen-bond donors (Lipinski definition) is 0. The Hall–Kier alpha value is -2.17. The van der Waals surface area contributed by atoms with Crippen molar-refractivity contribution < 1.29 is 14.4 Å². The van der Waals surface area contributed by atoms with E-state index in [9.17, 15) is 14.4 Å². The van der Waals surface area contributed by atoms with Crippen LogP contribution in [0.1, 0.15) is 29.3 Å². The summed E-state index contributed by atoms with van der Waals surface area (Å²) in [5.74, 6) is -0.388. The normalized spacial score (nSPS) is 15.5. The first-order valence-corrected chi connectivity index (χ1v) is 7.16. The zero-order valence-electron chi connectivity index (χ0n) is 12.5. The molecule has 1 aromatic rings. The van der Waals surface area contributed by atoms with Gasteiger partial charge in [0.25, 0.3) is 0 Å². The summed E-state index contributed by atoms with van der Waals surface area (Å²) >= 11 is 0. The summed E-state index contributed by atoms with van der Waals surface area (Å²) in [7, 11) is 0. The van der Waals surface area contributed by atoms with Crippen molar-refractivity contribution in [2.75, 3.05) is 26.2 Å². The predicted octanol–water partition coefficient (Wildman–Crippen LogP) is 1.26. The van der Waals surface area contributed by atoms with Crippen LogP contribution in [0.15, 0.2) is 24.3 Å². The van der Waals surface area contributed by atoms with E-state index >= 15 is 0 Å². The van der Waals surface area contributed by atoms with Crippen molar-refractivity contribution >= 4 is 17.6 Å². The van der Waals surface area contributed by atoms with Crippen LogP contribution in [0.4, 0.5) is 0 Å². The third-order valence-electron chi connectivity index (χ3n) is 3.53. The summed E-state index contributed by atoms with van der Waals surface area (Å²) in [6, 6.07) is 7.25. The van der Waals surface area contributed by atoms with Gasteiger partial charge in [-0.3, -0.25) is 14.4 Å². The van der Waals surface area contributed by atoms with Crippen molar-refractivity contribution in [3.8, 4) is 0 Å². The van der Waals surface area contributed by atoms with Crippen LogP contribution >= 0.6 is 0 Å². The first kappa shape index (κ1) is 15.2. The van der Waals surface area contributed by atoms with Crippen LogP contribution in [0.5, 0.6) is 0 Å². The minimum Gasteiger partial charge on any atom is -0.332 e. The number of nitrogens with zero attached hydrogens (tertiary/aromatic N) is 2. The number of piperazine rings is 1. The van der Waals surface area contributed by atoms with Crippen LogP contribution in [-0.2, 0) is 9.59 Å². The average molecular weight is 288 g/mol. The van der Waals surface area contributed by atoms with Crippen LogP contribution < -0.4 is 0 Å². The molecule has 0 bridgehead atoms. The van der Waals surface area contributed by atoms with Gasteiger partial charge >= 0.3 is 0 Å². The summed E-state index contributed by atoms with van der Waals surface area (Å²) in [5, 5.41) is 0. The van der Waals surface area contributed by atoms with E-state index in [1.807, 2.05) is 26.0 Å². The van der Waals surface area contributed by atoms with Gasteiger partial charge in [-0.05, 0) is 19.4 Å². The Morgan fingerprint density at radius 2 is 1.81 bits per heavy atom. The molecule has 21 heavy (non-hydrogen) atoms.